The van der Waals surface area contributed by atoms with Crippen molar-refractivity contribution in [2.75, 3.05) is 18.5 Å². The van der Waals surface area contributed by atoms with Gasteiger partial charge in [0.25, 0.3) is 0 Å². The number of anilines is 1. The highest BCUT2D eigenvalue weighted by Gasteiger charge is 2.17. The van der Waals surface area contributed by atoms with Crippen LogP contribution in [0.15, 0.2) is 18.5 Å². The van der Waals surface area contributed by atoms with E-state index in [1.807, 2.05) is 0 Å². The van der Waals surface area contributed by atoms with Gasteiger partial charge in [-0.3, -0.25) is 10.2 Å². The number of aliphatic hydroxyl groups is 1. The van der Waals surface area contributed by atoms with Gasteiger partial charge in [-0.05, 0) is 12.5 Å². The summed E-state index contributed by atoms with van der Waals surface area (Å²) in [7, 11) is 0. The topological polar surface area (TPSA) is 89.6 Å². The van der Waals surface area contributed by atoms with Gasteiger partial charge in [0.05, 0.1) is 27.1 Å². The number of rotatable bonds is 5. The summed E-state index contributed by atoms with van der Waals surface area (Å²) >= 11 is 12.4. The summed E-state index contributed by atoms with van der Waals surface area (Å²) in [5.41, 5.74) is 3.08. The third-order valence-electron chi connectivity index (χ3n) is 3.16. The van der Waals surface area contributed by atoms with E-state index in [9.17, 15) is 0 Å². The first-order valence-electron chi connectivity index (χ1n) is 6.42. The Kier molecular flexibility index (Phi) is 4.01. The highest BCUT2D eigenvalue weighted by atomic mass is 35.5. The van der Waals surface area contributed by atoms with Crippen LogP contribution in [0, 0.1) is 0 Å². The van der Waals surface area contributed by atoms with Gasteiger partial charge in [0.1, 0.15) is 5.69 Å². The SMILES string of the molecule is OCCCNc1cc(Cl)c(Cl)c2[nH]nc(-c3cn[nH]c3)c12. The van der Waals surface area contributed by atoms with E-state index in [2.05, 4.69) is 25.7 Å². The van der Waals surface area contributed by atoms with E-state index in [1.54, 1.807) is 18.5 Å². The van der Waals surface area contributed by atoms with Crippen molar-refractivity contribution >= 4 is 39.8 Å². The molecule has 3 rings (SSSR count). The molecule has 2 aromatic heterocycles. The Labute approximate surface area is 130 Å². The third kappa shape index (κ3) is 2.57. The zero-order chi connectivity index (χ0) is 14.8. The van der Waals surface area contributed by atoms with Gasteiger partial charge in [0.2, 0.25) is 0 Å². The van der Waals surface area contributed by atoms with E-state index in [1.165, 1.54) is 0 Å². The molecule has 0 saturated carbocycles. The van der Waals surface area contributed by atoms with E-state index in [0.717, 1.165) is 22.3 Å². The van der Waals surface area contributed by atoms with E-state index in [-0.39, 0.29) is 6.61 Å². The van der Waals surface area contributed by atoms with Crippen LogP contribution >= 0.6 is 23.2 Å². The van der Waals surface area contributed by atoms with Crippen molar-refractivity contribution in [1.29, 1.82) is 0 Å². The quantitative estimate of drug-likeness (QED) is 0.543. The second-order valence-corrected chi connectivity index (χ2v) is 5.32. The molecule has 6 nitrogen and oxygen atoms in total. The Morgan fingerprint density at radius 3 is 2.90 bits per heavy atom. The predicted octanol–water partition coefficient (Wildman–Crippen LogP) is 3.05. The van der Waals surface area contributed by atoms with Crippen LogP contribution in [0.2, 0.25) is 10.0 Å². The normalized spacial score (nSPS) is 11.2. The largest absolute Gasteiger partial charge is 0.396 e. The van der Waals surface area contributed by atoms with Gasteiger partial charge >= 0.3 is 0 Å². The van der Waals surface area contributed by atoms with E-state index in [4.69, 9.17) is 28.3 Å². The number of halogens is 2. The number of aliphatic hydroxyl groups excluding tert-OH is 1. The maximum Gasteiger partial charge on any atom is 0.105 e. The van der Waals surface area contributed by atoms with Crippen molar-refractivity contribution < 1.29 is 5.11 Å². The van der Waals surface area contributed by atoms with Gasteiger partial charge in [0.15, 0.2) is 0 Å². The van der Waals surface area contributed by atoms with Crippen molar-refractivity contribution in [2.24, 2.45) is 0 Å². The molecule has 0 spiro atoms. The molecule has 4 N–H and O–H groups in total. The van der Waals surface area contributed by atoms with Crippen molar-refractivity contribution in [1.82, 2.24) is 20.4 Å². The molecule has 8 heteroatoms. The lowest BCUT2D eigenvalue weighted by atomic mass is 10.1. The molecule has 0 fully saturated rings. The molecule has 3 aromatic rings. The van der Waals surface area contributed by atoms with Gasteiger partial charge in [-0.1, -0.05) is 23.2 Å². The highest BCUT2D eigenvalue weighted by Crippen LogP contribution is 2.39. The molecule has 0 atom stereocenters. The molecule has 1 aromatic carbocycles. The zero-order valence-corrected chi connectivity index (χ0v) is 12.5. The number of nitrogens with one attached hydrogen (secondary N) is 3. The molecule has 0 aliphatic heterocycles. The lowest BCUT2D eigenvalue weighted by molar-refractivity contribution is 0.292. The monoisotopic (exact) mass is 325 g/mol. The number of hydrogen-bond donors (Lipinski definition) is 4. The second-order valence-electron chi connectivity index (χ2n) is 4.53. The van der Waals surface area contributed by atoms with Crippen molar-refractivity contribution in [3.63, 3.8) is 0 Å². The molecule has 0 aliphatic rings. The summed E-state index contributed by atoms with van der Waals surface area (Å²) in [6, 6.07) is 1.77. The Balaban J connectivity index is 2.15. The number of hydrogen-bond acceptors (Lipinski definition) is 4. The summed E-state index contributed by atoms with van der Waals surface area (Å²) < 4.78 is 0. The lowest BCUT2D eigenvalue weighted by Crippen LogP contribution is -2.04. The first-order chi connectivity index (χ1) is 10.2. The summed E-state index contributed by atoms with van der Waals surface area (Å²) in [5, 5.41) is 27.8. The minimum Gasteiger partial charge on any atom is -0.396 e. The van der Waals surface area contributed by atoms with Gasteiger partial charge in [-0.15, -0.1) is 0 Å². The third-order valence-corrected chi connectivity index (χ3v) is 3.95. The van der Waals surface area contributed by atoms with Crippen LogP contribution < -0.4 is 5.32 Å². The summed E-state index contributed by atoms with van der Waals surface area (Å²) in [6.07, 6.45) is 4.09. The smallest absolute Gasteiger partial charge is 0.105 e. The minimum atomic E-state index is 0.122. The molecule has 21 heavy (non-hydrogen) atoms. The lowest BCUT2D eigenvalue weighted by Gasteiger charge is -2.10. The van der Waals surface area contributed by atoms with Crippen LogP contribution in [0.5, 0.6) is 0 Å². The van der Waals surface area contributed by atoms with Crippen LogP contribution in [0.3, 0.4) is 0 Å². The Bertz CT molecular complexity index is 754. The summed E-state index contributed by atoms with van der Waals surface area (Å²) in [6.45, 7) is 0.747. The van der Waals surface area contributed by atoms with Gasteiger partial charge in [-0.2, -0.15) is 10.2 Å². The van der Waals surface area contributed by atoms with Crippen LogP contribution in [-0.2, 0) is 0 Å². The molecule has 0 saturated heterocycles. The Hall–Kier alpha value is -1.76. The molecular weight excluding hydrogens is 313 g/mol. The average molecular weight is 326 g/mol. The number of aromatic amines is 2. The number of H-pyrrole nitrogens is 2. The molecule has 0 bridgehead atoms. The molecule has 2 heterocycles. The van der Waals surface area contributed by atoms with Crippen LogP contribution in [0.25, 0.3) is 22.2 Å². The average Bonchev–Trinajstić information content (AvgIpc) is 3.13. The maximum atomic E-state index is 8.90. The van der Waals surface area contributed by atoms with Crippen LogP contribution in [0.4, 0.5) is 5.69 Å². The first-order valence-corrected chi connectivity index (χ1v) is 7.18. The van der Waals surface area contributed by atoms with E-state index in [0.29, 0.717) is 28.5 Å². The molecular formula is C13H13Cl2N5O. The highest BCUT2D eigenvalue weighted by molar-refractivity contribution is 6.45. The fraction of sp³-hybridized carbons (Fsp3) is 0.231. The van der Waals surface area contributed by atoms with E-state index < -0.39 is 0 Å². The molecule has 0 amide bonds. The van der Waals surface area contributed by atoms with Gasteiger partial charge < -0.3 is 10.4 Å². The Morgan fingerprint density at radius 1 is 1.33 bits per heavy atom. The van der Waals surface area contributed by atoms with Crippen LogP contribution in [0.1, 0.15) is 6.42 Å². The van der Waals surface area contributed by atoms with E-state index >= 15 is 0 Å². The fourth-order valence-electron chi connectivity index (χ4n) is 2.18. The molecule has 110 valence electrons. The number of aromatic nitrogens is 4. The zero-order valence-electron chi connectivity index (χ0n) is 11.0. The van der Waals surface area contributed by atoms with Crippen molar-refractivity contribution in [3.8, 4) is 11.3 Å². The number of benzene rings is 1. The maximum absolute atomic E-state index is 8.90. The van der Waals surface area contributed by atoms with Crippen molar-refractivity contribution in [2.45, 2.75) is 6.42 Å². The Morgan fingerprint density at radius 2 is 2.19 bits per heavy atom. The minimum absolute atomic E-state index is 0.122. The van der Waals surface area contributed by atoms with Crippen LogP contribution in [-0.4, -0.2) is 38.7 Å². The molecule has 0 aliphatic carbocycles. The summed E-state index contributed by atoms with van der Waals surface area (Å²) in [4.78, 5) is 0. The molecule has 0 unspecified atom stereocenters. The first kappa shape index (κ1) is 14.2. The standard InChI is InChI=1S/C13H13Cl2N5O/c14-8-4-9(16-2-1-3-21)10-12(7-5-17-18-6-7)19-20-13(10)11(8)15/h4-6,16,21H,1-3H2,(H,17,18)(H,19,20). The van der Waals surface area contributed by atoms with Crippen molar-refractivity contribution in [3.05, 3.63) is 28.5 Å². The summed E-state index contributed by atoms with van der Waals surface area (Å²) in [5.74, 6) is 0. The number of nitrogens with zero attached hydrogens (tertiary/aromatic N) is 2. The van der Waals surface area contributed by atoms with Gasteiger partial charge in [-0.25, -0.2) is 0 Å². The predicted molar refractivity (Wildman–Crippen MR) is 83.9 cm³/mol. The number of fused-ring (bicyclic) bond motifs is 1. The fourth-order valence-corrected chi connectivity index (χ4v) is 2.57. The molecule has 0 radical (unpaired) electrons. The second kappa shape index (κ2) is 5.93. The van der Waals surface area contributed by atoms with Gasteiger partial charge in [0, 0.05) is 30.6 Å².